The Morgan fingerprint density at radius 1 is 1.12 bits per heavy atom. The third-order valence-corrected chi connectivity index (χ3v) is 5.10. The first-order valence-corrected chi connectivity index (χ1v) is 9.56. The number of nitrogens with one attached hydrogen (secondary N) is 2. The number of thiophene rings is 1. The number of ether oxygens (including phenoxy) is 1. The SMILES string of the molecule is O=C(COC(=O)CSCc1cccs1)NNC(=O)c1ccc(Cl)cc1. The highest BCUT2D eigenvalue weighted by molar-refractivity contribution is 7.99. The van der Waals surface area contributed by atoms with Gasteiger partial charge in [-0.25, -0.2) is 0 Å². The lowest BCUT2D eigenvalue weighted by Crippen LogP contribution is -2.43. The predicted octanol–water partition coefficient (Wildman–Crippen LogP) is 2.64. The van der Waals surface area contributed by atoms with Crippen LogP contribution in [-0.2, 0) is 20.1 Å². The smallest absolute Gasteiger partial charge is 0.316 e. The first-order valence-electron chi connectivity index (χ1n) is 7.15. The minimum Gasteiger partial charge on any atom is -0.455 e. The van der Waals surface area contributed by atoms with E-state index in [4.69, 9.17) is 16.3 Å². The van der Waals surface area contributed by atoms with Gasteiger partial charge in [0.05, 0.1) is 5.75 Å². The topological polar surface area (TPSA) is 84.5 Å². The summed E-state index contributed by atoms with van der Waals surface area (Å²) in [6, 6.07) is 10.1. The van der Waals surface area contributed by atoms with E-state index in [1.807, 2.05) is 17.5 Å². The first kappa shape index (κ1) is 19.3. The van der Waals surface area contributed by atoms with E-state index in [-0.39, 0.29) is 5.75 Å². The molecule has 6 nitrogen and oxygen atoms in total. The van der Waals surface area contributed by atoms with Gasteiger partial charge in [-0.3, -0.25) is 25.2 Å². The second-order valence-corrected chi connectivity index (χ2v) is 7.20. The van der Waals surface area contributed by atoms with Crippen molar-refractivity contribution >= 4 is 52.5 Å². The van der Waals surface area contributed by atoms with Gasteiger partial charge in [-0.15, -0.1) is 23.1 Å². The molecule has 9 heteroatoms. The molecule has 1 aromatic carbocycles. The number of rotatable bonds is 7. The summed E-state index contributed by atoms with van der Waals surface area (Å²) in [5.41, 5.74) is 4.74. The second kappa shape index (κ2) is 10.1. The predicted molar refractivity (Wildman–Crippen MR) is 98.5 cm³/mol. The zero-order chi connectivity index (χ0) is 18.1. The Morgan fingerprint density at radius 2 is 1.88 bits per heavy atom. The number of hydrogen-bond donors (Lipinski definition) is 2. The maximum atomic E-state index is 11.8. The standard InChI is InChI=1S/C16H15ClN2O4S2/c17-12-5-3-11(4-6-12)16(22)19-18-14(20)8-23-15(21)10-24-9-13-2-1-7-25-13/h1-7H,8-10H2,(H,18,20)(H,19,22). The average molecular weight is 399 g/mol. The monoisotopic (exact) mass is 398 g/mol. The molecule has 0 spiro atoms. The van der Waals surface area contributed by atoms with Crippen molar-refractivity contribution in [1.29, 1.82) is 0 Å². The lowest BCUT2D eigenvalue weighted by Gasteiger charge is -2.08. The van der Waals surface area contributed by atoms with E-state index in [0.717, 1.165) is 5.75 Å². The van der Waals surface area contributed by atoms with Gasteiger partial charge in [0.1, 0.15) is 0 Å². The van der Waals surface area contributed by atoms with Crippen molar-refractivity contribution in [3.8, 4) is 0 Å². The Kier molecular flexibility index (Phi) is 7.77. The molecule has 0 radical (unpaired) electrons. The van der Waals surface area contributed by atoms with Crippen LogP contribution >= 0.6 is 34.7 Å². The molecule has 0 unspecified atom stereocenters. The zero-order valence-electron chi connectivity index (χ0n) is 13.0. The van der Waals surface area contributed by atoms with Crippen molar-refractivity contribution < 1.29 is 19.1 Å². The van der Waals surface area contributed by atoms with Gasteiger partial charge in [0, 0.05) is 21.2 Å². The molecule has 0 aliphatic carbocycles. The fourth-order valence-electron chi connectivity index (χ4n) is 1.65. The van der Waals surface area contributed by atoms with Gasteiger partial charge in [-0.1, -0.05) is 17.7 Å². The van der Waals surface area contributed by atoms with Crippen molar-refractivity contribution in [3.63, 3.8) is 0 Å². The van der Waals surface area contributed by atoms with Gasteiger partial charge in [0.25, 0.3) is 11.8 Å². The first-order chi connectivity index (χ1) is 12.0. The van der Waals surface area contributed by atoms with E-state index in [2.05, 4.69) is 10.9 Å². The Hall–Kier alpha value is -2.03. The molecule has 0 fully saturated rings. The number of thioether (sulfide) groups is 1. The van der Waals surface area contributed by atoms with Gasteiger partial charge >= 0.3 is 5.97 Å². The van der Waals surface area contributed by atoms with Crippen LogP contribution in [0.1, 0.15) is 15.2 Å². The van der Waals surface area contributed by atoms with Crippen LogP contribution in [0.5, 0.6) is 0 Å². The maximum Gasteiger partial charge on any atom is 0.316 e. The van der Waals surface area contributed by atoms with Crippen LogP contribution < -0.4 is 10.9 Å². The highest BCUT2D eigenvalue weighted by Gasteiger charge is 2.10. The highest BCUT2D eigenvalue weighted by atomic mass is 35.5. The minimum atomic E-state index is -0.626. The van der Waals surface area contributed by atoms with Gasteiger partial charge in [0.2, 0.25) is 0 Å². The normalized spacial score (nSPS) is 10.1. The third kappa shape index (κ3) is 7.16. The van der Waals surface area contributed by atoms with Crippen LogP contribution in [-0.4, -0.2) is 30.1 Å². The summed E-state index contributed by atoms with van der Waals surface area (Å²) >= 11 is 8.76. The van der Waals surface area contributed by atoms with Crippen LogP contribution in [0.4, 0.5) is 0 Å². The summed E-state index contributed by atoms with van der Waals surface area (Å²) in [6.45, 7) is -0.459. The number of hydrazine groups is 1. The fraction of sp³-hybridized carbons (Fsp3) is 0.188. The summed E-state index contributed by atoms with van der Waals surface area (Å²) in [7, 11) is 0. The molecule has 1 aromatic heterocycles. The molecule has 25 heavy (non-hydrogen) atoms. The van der Waals surface area contributed by atoms with Gasteiger partial charge < -0.3 is 4.74 Å². The maximum absolute atomic E-state index is 11.8. The molecule has 1 heterocycles. The van der Waals surface area contributed by atoms with Crippen LogP contribution in [0.25, 0.3) is 0 Å². The number of esters is 1. The molecule has 2 rings (SSSR count). The van der Waals surface area contributed by atoms with Crippen LogP contribution in [0.3, 0.4) is 0 Å². The van der Waals surface area contributed by atoms with Gasteiger partial charge in [-0.2, -0.15) is 0 Å². The number of halogens is 1. The summed E-state index contributed by atoms with van der Waals surface area (Å²) in [4.78, 5) is 36.1. The van der Waals surface area contributed by atoms with Crippen molar-refractivity contribution in [1.82, 2.24) is 10.9 Å². The summed E-state index contributed by atoms with van der Waals surface area (Å²) < 4.78 is 4.84. The number of carbonyl (C=O) groups excluding carboxylic acids is 3. The molecular formula is C16H15ClN2O4S2. The van der Waals surface area contributed by atoms with E-state index in [0.29, 0.717) is 10.6 Å². The van der Waals surface area contributed by atoms with Crippen molar-refractivity contribution in [2.45, 2.75) is 5.75 Å². The highest BCUT2D eigenvalue weighted by Crippen LogP contribution is 2.16. The minimum absolute atomic E-state index is 0.155. The summed E-state index contributed by atoms with van der Waals surface area (Å²) in [5.74, 6) is -0.735. The molecular weight excluding hydrogens is 384 g/mol. The largest absolute Gasteiger partial charge is 0.455 e. The lowest BCUT2D eigenvalue weighted by atomic mass is 10.2. The van der Waals surface area contributed by atoms with Crippen LogP contribution in [0.2, 0.25) is 5.02 Å². The number of benzene rings is 1. The van der Waals surface area contributed by atoms with E-state index in [9.17, 15) is 14.4 Å². The average Bonchev–Trinajstić information content (AvgIpc) is 3.12. The quantitative estimate of drug-likeness (QED) is 0.553. The number of carbonyl (C=O) groups is 3. The molecule has 132 valence electrons. The second-order valence-electron chi connectivity index (χ2n) is 4.74. The van der Waals surface area contributed by atoms with E-state index in [1.165, 1.54) is 28.8 Å². The van der Waals surface area contributed by atoms with Crippen LogP contribution in [0, 0.1) is 0 Å². The number of amides is 2. The van der Waals surface area contributed by atoms with Crippen molar-refractivity contribution in [2.24, 2.45) is 0 Å². The molecule has 2 N–H and O–H groups in total. The Morgan fingerprint density at radius 3 is 2.56 bits per heavy atom. The molecule has 0 bridgehead atoms. The van der Waals surface area contributed by atoms with E-state index in [1.54, 1.807) is 23.5 Å². The third-order valence-electron chi connectivity index (χ3n) is 2.83. The lowest BCUT2D eigenvalue weighted by molar-refractivity contribution is -0.146. The summed E-state index contributed by atoms with van der Waals surface area (Å²) in [6.07, 6.45) is 0. The van der Waals surface area contributed by atoms with Gasteiger partial charge in [-0.05, 0) is 35.7 Å². The molecule has 2 amide bonds. The summed E-state index contributed by atoms with van der Waals surface area (Å²) in [5, 5.41) is 2.47. The number of hydrogen-bond acceptors (Lipinski definition) is 6. The molecule has 0 saturated heterocycles. The van der Waals surface area contributed by atoms with Gasteiger partial charge in [0.15, 0.2) is 6.61 Å². The Bertz CT molecular complexity index is 720. The van der Waals surface area contributed by atoms with Crippen LogP contribution in [0.15, 0.2) is 41.8 Å². The van der Waals surface area contributed by atoms with Crippen molar-refractivity contribution in [2.75, 3.05) is 12.4 Å². The molecule has 0 aliphatic heterocycles. The van der Waals surface area contributed by atoms with E-state index < -0.39 is 24.4 Å². The Balaban J connectivity index is 1.60. The molecule has 0 atom stereocenters. The van der Waals surface area contributed by atoms with Crippen molar-refractivity contribution in [3.05, 3.63) is 57.2 Å². The molecule has 2 aromatic rings. The molecule has 0 saturated carbocycles. The Labute approximate surface area is 157 Å². The van der Waals surface area contributed by atoms with E-state index >= 15 is 0 Å². The fourth-order valence-corrected chi connectivity index (χ4v) is 3.44. The zero-order valence-corrected chi connectivity index (χ0v) is 15.4. The molecule has 0 aliphatic rings.